The van der Waals surface area contributed by atoms with Crippen LogP contribution in [0.3, 0.4) is 0 Å². The molecule has 9 nitrogen and oxygen atoms in total. The number of carbonyl (C=O) groups is 4. The molecule has 2 saturated heterocycles. The summed E-state index contributed by atoms with van der Waals surface area (Å²) in [5.41, 5.74) is 5.52. The lowest BCUT2D eigenvalue weighted by Gasteiger charge is -2.50. The van der Waals surface area contributed by atoms with Crippen molar-refractivity contribution in [2.24, 2.45) is 23.7 Å². The molecule has 1 saturated carbocycles. The fraction of sp³-hybridized carbons (Fsp3) is 0.286. The molecule has 0 bridgehead atoms. The number of fused-ring (bicyclic) bond motifs is 4. The first-order chi connectivity index (χ1) is 25.7. The van der Waals surface area contributed by atoms with Crippen molar-refractivity contribution in [2.75, 3.05) is 23.5 Å². The van der Waals surface area contributed by atoms with E-state index in [0.717, 1.165) is 22.6 Å². The summed E-state index contributed by atoms with van der Waals surface area (Å²) in [7, 11) is 0. The number of allylic oxidation sites excluding steroid dienone is 2. The van der Waals surface area contributed by atoms with Crippen LogP contribution in [0.2, 0.25) is 5.02 Å². The SMILES string of the molecule is CCc1ccc(N2C(=O)C3CC=C4C(CC5C(=O)N(Nc6ccc(F)cc6)C(=O)C5(c5ccc(Cl)cc5)C4c4ccc(OCCO)cc4)C3C2=O)cc1. The summed E-state index contributed by atoms with van der Waals surface area (Å²) in [6.45, 7) is 1.97. The Morgan fingerprint density at radius 2 is 1.57 bits per heavy atom. The third-order valence-electron chi connectivity index (χ3n) is 11.4. The van der Waals surface area contributed by atoms with E-state index < -0.39 is 52.6 Å². The van der Waals surface area contributed by atoms with Gasteiger partial charge in [-0.25, -0.2) is 4.39 Å². The highest BCUT2D eigenvalue weighted by atomic mass is 35.5. The molecule has 4 amide bonds. The molecule has 11 heteroatoms. The number of aliphatic hydroxyl groups is 1. The molecule has 2 aliphatic carbocycles. The number of aryl methyl sites for hydroxylation is 1. The van der Waals surface area contributed by atoms with E-state index in [9.17, 15) is 23.9 Å². The van der Waals surface area contributed by atoms with Crippen LogP contribution in [0.25, 0.3) is 0 Å². The minimum Gasteiger partial charge on any atom is -0.491 e. The molecule has 0 aromatic heterocycles. The zero-order chi connectivity index (χ0) is 37.0. The van der Waals surface area contributed by atoms with Crippen LogP contribution in [0.1, 0.15) is 42.4 Å². The predicted molar refractivity (Wildman–Crippen MR) is 196 cm³/mol. The van der Waals surface area contributed by atoms with E-state index in [-0.39, 0.29) is 31.4 Å². The highest BCUT2D eigenvalue weighted by Crippen LogP contribution is 2.64. The molecule has 0 spiro atoms. The maximum atomic E-state index is 15.3. The van der Waals surface area contributed by atoms with Crippen molar-refractivity contribution in [2.45, 2.75) is 37.5 Å². The van der Waals surface area contributed by atoms with Crippen LogP contribution in [-0.2, 0) is 31.0 Å². The van der Waals surface area contributed by atoms with E-state index in [1.807, 2.05) is 37.3 Å². The smallest absolute Gasteiger partial charge is 0.260 e. The molecule has 6 atom stereocenters. The van der Waals surface area contributed by atoms with Crippen LogP contribution < -0.4 is 15.1 Å². The van der Waals surface area contributed by atoms with Gasteiger partial charge in [-0.3, -0.25) is 29.5 Å². The van der Waals surface area contributed by atoms with Gasteiger partial charge >= 0.3 is 0 Å². The lowest BCUT2D eigenvalue weighted by Crippen LogP contribution is -2.53. The first-order valence-corrected chi connectivity index (χ1v) is 18.2. The van der Waals surface area contributed by atoms with Crippen molar-refractivity contribution >= 4 is 46.6 Å². The average molecular weight is 734 g/mol. The van der Waals surface area contributed by atoms with Gasteiger partial charge in [0.05, 0.1) is 41.2 Å². The lowest BCUT2D eigenvalue weighted by atomic mass is 9.49. The summed E-state index contributed by atoms with van der Waals surface area (Å²) in [5, 5.41) is 10.8. The average Bonchev–Trinajstić information content (AvgIpc) is 3.56. The molecule has 4 aromatic carbocycles. The van der Waals surface area contributed by atoms with Crippen LogP contribution in [0.15, 0.2) is 109 Å². The second-order valence-electron chi connectivity index (χ2n) is 14.0. The van der Waals surface area contributed by atoms with E-state index in [0.29, 0.717) is 39.7 Å². The molecule has 53 heavy (non-hydrogen) atoms. The number of halogens is 2. The summed E-state index contributed by atoms with van der Waals surface area (Å²) >= 11 is 6.38. The van der Waals surface area contributed by atoms with E-state index in [2.05, 4.69) is 5.43 Å². The molecule has 4 aromatic rings. The van der Waals surface area contributed by atoms with Crippen molar-refractivity contribution < 1.29 is 33.4 Å². The minimum atomic E-state index is -1.49. The van der Waals surface area contributed by atoms with Crippen molar-refractivity contribution in [3.63, 3.8) is 0 Å². The van der Waals surface area contributed by atoms with Gasteiger partial charge in [0.15, 0.2) is 0 Å². The third kappa shape index (κ3) is 5.54. The second kappa shape index (κ2) is 13.6. The van der Waals surface area contributed by atoms with E-state index in [4.69, 9.17) is 16.3 Å². The Hall–Kier alpha value is -5.32. The first kappa shape index (κ1) is 34.7. The van der Waals surface area contributed by atoms with Gasteiger partial charge in [-0.2, -0.15) is 5.01 Å². The molecule has 0 radical (unpaired) electrons. The summed E-state index contributed by atoms with van der Waals surface area (Å²) in [6, 6.07) is 26.9. The van der Waals surface area contributed by atoms with Crippen LogP contribution in [-0.4, -0.2) is 47.0 Å². The molecule has 4 aliphatic rings. The zero-order valence-electron chi connectivity index (χ0n) is 28.9. The van der Waals surface area contributed by atoms with Gasteiger partial charge in [-0.15, -0.1) is 0 Å². The third-order valence-corrected chi connectivity index (χ3v) is 11.7. The zero-order valence-corrected chi connectivity index (χ0v) is 29.6. The van der Waals surface area contributed by atoms with Crippen molar-refractivity contribution in [1.82, 2.24) is 5.01 Å². The Balaban J connectivity index is 1.29. The van der Waals surface area contributed by atoms with Crippen LogP contribution >= 0.6 is 11.6 Å². The summed E-state index contributed by atoms with van der Waals surface area (Å²) in [5.74, 6) is -5.14. The van der Waals surface area contributed by atoms with Gasteiger partial charge in [0, 0.05) is 10.9 Å². The Morgan fingerprint density at radius 3 is 2.23 bits per heavy atom. The molecule has 8 rings (SSSR count). The quantitative estimate of drug-likeness (QED) is 0.147. The summed E-state index contributed by atoms with van der Waals surface area (Å²) in [6.07, 6.45) is 3.25. The molecule has 3 fully saturated rings. The fourth-order valence-electron chi connectivity index (χ4n) is 9.09. The largest absolute Gasteiger partial charge is 0.491 e. The number of carbonyl (C=O) groups excluding carboxylic acids is 4. The Morgan fingerprint density at radius 1 is 0.868 bits per heavy atom. The van der Waals surface area contributed by atoms with E-state index in [1.54, 1.807) is 48.5 Å². The van der Waals surface area contributed by atoms with Gasteiger partial charge in [0.1, 0.15) is 18.2 Å². The van der Waals surface area contributed by atoms with E-state index >= 15 is 4.79 Å². The van der Waals surface area contributed by atoms with Gasteiger partial charge in [-0.1, -0.05) is 66.6 Å². The number of nitrogens with zero attached hydrogens (tertiary/aromatic N) is 2. The second-order valence-corrected chi connectivity index (χ2v) is 14.5. The topological polar surface area (TPSA) is 116 Å². The van der Waals surface area contributed by atoms with Crippen molar-refractivity contribution in [3.05, 3.63) is 136 Å². The van der Waals surface area contributed by atoms with Crippen LogP contribution in [0.4, 0.5) is 15.8 Å². The summed E-state index contributed by atoms with van der Waals surface area (Å²) < 4.78 is 19.5. The molecule has 2 aliphatic heterocycles. The monoisotopic (exact) mass is 733 g/mol. The maximum Gasteiger partial charge on any atom is 0.260 e. The highest BCUT2D eigenvalue weighted by molar-refractivity contribution is 6.30. The molecule has 6 unspecified atom stereocenters. The number of hydrazine groups is 1. The molecular formula is C42H37ClFN3O6. The predicted octanol–water partition coefficient (Wildman–Crippen LogP) is 6.60. The molecule has 2 heterocycles. The number of aliphatic hydroxyl groups excluding tert-OH is 1. The lowest BCUT2D eigenvalue weighted by molar-refractivity contribution is -0.138. The van der Waals surface area contributed by atoms with Gasteiger partial charge < -0.3 is 9.84 Å². The summed E-state index contributed by atoms with van der Waals surface area (Å²) in [4.78, 5) is 59.9. The number of benzene rings is 4. The molecule has 2 N–H and O–H groups in total. The fourth-order valence-corrected chi connectivity index (χ4v) is 9.21. The standard InChI is InChI=1S/C42H37ClFN3O6/c1-2-24-3-15-30(16-4-24)46-38(49)33-20-19-32-34(36(33)40(46)51)23-35-39(50)47(45-29-13-11-28(44)12-14-29)41(52)42(35,26-7-9-27(43)10-8-26)37(32)25-5-17-31(18-6-25)53-22-21-48/h3-19,33-37,45,48H,2,20-23H2,1H3. The normalized spacial score (nSPS) is 26.3. The Bertz CT molecular complexity index is 2120. The van der Waals surface area contributed by atoms with Gasteiger partial charge in [0.25, 0.3) is 11.8 Å². The number of amides is 4. The number of imide groups is 2. The minimum absolute atomic E-state index is 0.0979. The van der Waals surface area contributed by atoms with Crippen LogP contribution in [0.5, 0.6) is 5.75 Å². The number of anilines is 2. The number of rotatable bonds is 9. The number of hydrogen-bond donors (Lipinski definition) is 2. The van der Waals surface area contributed by atoms with Crippen LogP contribution in [0, 0.1) is 29.5 Å². The number of ether oxygens (including phenoxy) is 1. The van der Waals surface area contributed by atoms with Gasteiger partial charge in [-0.05, 0) is 103 Å². The van der Waals surface area contributed by atoms with Crippen molar-refractivity contribution in [3.8, 4) is 5.75 Å². The highest BCUT2D eigenvalue weighted by Gasteiger charge is 2.70. The van der Waals surface area contributed by atoms with Gasteiger partial charge in [0.2, 0.25) is 11.8 Å². The first-order valence-electron chi connectivity index (χ1n) is 17.8. The Labute approximate surface area is 311 Å². The molecular weight excluding hydrogens is 697 g/mol. The maximum absolute atomic E-state index is 15.3. The molecule has 270 valence electrons. The number of hydrogen-bond acceptors (Lipinski definition) is 7. The van der Waals surface area contributed by atoms with E-state index in [1.165, 1.54) is 29.2 Å². The number of nitrogens with one attached hydrogen (secondary N) is 1. The van der Waals surface area contributed by atoms with Crippen molar-refractivity contribution in [1.29, 1.82) is 0 Å². The Kier molecular flexibility index (Phi) is 8.91.